The van der Waals surface area contributed by atoms with Crippen LogP contribution in [0.1, 0.15) is 33.6 Å². The lowest BCUT2D eigenvalue weighted by Crippen LogP contribution is -2.55. The van der Waals surface area contributed by atoms with E-state index in [2.05, 4.69) is 0 Å². The van der Waals surface area contributed by atoms with E-state index in [-0.39, 0.29) is 31.0 Å². The Hall–Kier alpha value is -1.39. The van der Waals surface area contributed by atoms with Crippen LogP contribution in [0, 0.1) is 5.92 Å². The average molecular weight is 405 g/mol. The van der Waals surface area contributed by atoms with Gasteiger partial charge in [0.05, 0.1) is 5.92 Å². The van der Waals surface area contributed by atoms with E-state index in [0.717, 1.165) is 12.8 Å². The lowest BCUT2D eigenvalue weighted by molar-refractivity contribution is -0.138. The average Bonchev–Trinajstić information content (AvgIpc) is 2.59. The van der Waals surface area contributed by atoms with Crippen molar-refractivity contribution in [2.75, 3.05) is 53.4 Å². The predicted molar refractivity (Wildman–Crippen MR) is 101 cm³/mol. The summed E-state index contributed by atoms with van der Waals surface area (Å²) in [5.41, 5.74) is -0.567. The van der Waals surface area contributed by atoms with Crippen molar-refractivity contribution in [1.82, 2.24) is 18.4 Å². The monoisotopic (exact) mass is 404 g/mol. The third-order valence-corrected chi connectivity index (χ3v) is 6.70. The molecule has 2 saturated heterocycles. The van der Waals surface area contributed by atoms with Gasteiger partial charge in [0, 0.05) is 53.4 Å². The number of carbonyl (C=O) groups excluding carboxylic acids is 2. The molecule has 0 radical (unpaired) electrons. The van der Waals surface area contributed by atoms with Gasteiger partial charge >= 0.3 is 6.09 Å². The maximum atomic E-state index is 12.9. The molecule has 2 rings (SSSR count). The summed E-state index contributed by atoms with van der Waals surface area (Å²) in [6, 6.07) is 0. The lowest BCUT2D eigenvalue weighted by Gasteiger charge is -2.39. The Bertz CT molecular complexity index is 651. The van der Waals surface area contributed by atoms with E-state index in [1.165, 1.54) is 22.7 Å². The third kappa shape index (κ3) is 5.55. The minimum absolute atomic E-state index is 0.00911. The highest BCUT2D eigenvalue weighted by Crippen LogP contribution is 2.22. The summed E-state index contributed by atoms with van der Waals surface area (Å²) in [6.07, 6.45) is 1.10. The molecule has 2 fully saturated rings. The van der Waals surface area contributed by atoms with Gasteiger partial charge in [0.25, 0.3) is 10.2 Å². The number of carbonyl (C=O) groups is 2. The molecule has 27 heavy (non-hydrogen) atoms. The second-order valence-corrected chi connectivity index (χ2v) is 10.4. The van der Waals surface area contributed by atoms with Crippen molar-refractivity contribution in [1.29, 1.82) is 0 Å². The molecule has 10 heteroatoms. The summed E-state index contributed by atoms with van der Waals surface area (Å²) in [7, 11) is -0.452. The molecule has 2 aliphatic rings. The number of hydrogen-bond donors (Lipinski definition) is 0. The first-order valence-electron chi connectivity index (χ1n) is 9.36. The topological polar surface area (TPSA) is 90.5 Å². The molecule has 0 saturated carbocycles. The fourth-order valence-electron chi connectivity index (χ4n) is 3.30. The van der Waals surface area contributed by atoms with E-state index in [4.69, 9.17) is 4.74 Å². The Labute approximate surface area is 162 Å². The van der Waals surface area contributed by atoms with Crippen LogP contribution in [0.4, 0.5) is 4.79 Å². The molecule has 0 bridgehead atoms. The third-order valence-electron chi connectivity index (χ3n) is 4.76. The van der Waals surface area contributed by atoms with E-state index in [1.807, 2.05) is 20.8 Å². The Kier molecular flexibility index (Phi) is 6.75. The normalized spacial score (nSPS) is 22.8. The van der Waals surface area contributed by atoms with Crippen LogP contribution in [-0.4, -0.2) is 97.8 Å². The zero-order chi connectivity index (χ0) is 20.4. The van der Waals surface area contributed by atoms with Crippen molar-refractivity contribution in [2.45, 2.75) is 39.2 Å². The zero-order valence-corrected chi connectivity index (χ0v) is 17.8. The Balaban J connectivity index is 1.92. The van der Waals surface area contributed by atoms with Crippen LogP contribution in [0.2, 0.25) is 0 Å². The smallest absolute Gasteiger partial charge is 0.410 e. The molecule has 0 aromatic heterocycles. The molecule has 2 heterocycles. The van der Waals surface area contributed by atoms with Gasteiger partial charge in [0.2, 0.25) is 5.91 Å². The highest BCUT2D eigenvalue weighted by molar-refractivity contribution is 7.86. The number of nitrogens with zero attached hydrogens (tertiary/aromatic N) is 4. The van der Waals surface area contributed by atoms with Crippen molar-refractivity contribution in [3.8, 4) is 0 Å². The highest BCUT2D eigenvalue weighted by atomic mass is 32.2. The van der Waals surface area contributed by atoms with Gasteiger partial charge in [-0.15, -0.1) is 0 Å². The van der Waals surface area contributed by atoms with Crippen LogP contribution >= 0.6 is 0 Å². The molecule has 0 unspecified atom stereocenters. The number of likely N-dealkylation sites (tertiary alicyclic amines) is 1. The second kappa shape index (κ2) is 8.32. The van der Waals surface area contributed by atoms with Gasteiger partial charge in [-0.3, -0.25) is 4.79 Å². The number of hydrogen-bond acceptors (Lipinski definition) is 5. The molecule has 0 N–H and O–H groups in total. The largest absolute Gasteiger partial charge is 0.444 e. The van der Waals surface area contributed by atoms with Crippen LogP contribution in [0.5, 0.6) is 0 Å². The molecule has 2 aliphatic heterocycles. The first kappa shape index (κ1) is 21.9. The molecule has 2 amide bonds. The molecular formula is C17H32N4O5S. The van der Waals surface area contributed by atoms with Gasteiger partial charge in [0.1, 0.15) is 5.60 Å². The summed E-state index contributed by atoms with van der Waals surface area (Å²) in [6.45, 7) is 7.71. The van der Waals surface area contributed by atoms with Crippen molar-refractivity contribution >= 4 is 22.2 Å². The number of amides is 2. The van der Waals surface area contributed by atoms with Crippen LogP contribution < -0.4 is 0 Å². The van der Waals surface area contributed by atoms with Crippen molar-refractivity contribution in [2.24, 2.45) is 5.92 Å². The standard InChI is InChI=1S/C17H32N4O5S/c1-17(2,3)26-16(23)20-8-6-7-14(13-20)15(22)19-9-11-21(12-10-19)27(24,25)18(4)5/h14H,6-13H2,1-5H3/t14-/m1/s1. The minimum Gasteiger partial charge on any atom is -0.444 e. The quantitative estimate of drug-likeness (QED) is 0.686. The molecule has 9 nitrogen and oxygen atoms in total. The van der Waals surface area contributed by atoms with Crippen LogP contribution in [-0.2, 0) is 19.7 Å². The number of rotatable bonds is 3. The molecular weight excluding hydrogens is 372 g/mol. The first-order valence-corrected chi connectivity index (χ1v) is 10.8. The van der Waals surface area contributed by atoms with Crippen LogP contribution in [0.15, 0.2) is 0 Å². The summed E-state index contributed by atoms with van der Waals surface area (Å²) >= 11 is 0. The maximum Gasteiger partial charge on any atom is 0.410 e. The first-order chi connectivity index (χ1) is 12.4. The van der Waals surface area contributed by atoms with Gasteiger partial charge in [0.15, 0.2) is 0 Å². The molecule has 0 aromatic carbocycles. The Morgan fingerprint density at radius 2 is 1.59 bits per heavy atom. The SMILES string of the molecule is CN(C)S(=O)(=O)N1CCN(C(=O)[C@@H]2CCCN(C(=O)OC(C)(C)C)C2)CC1. The molecule has 1 atom stereocenters. The Morgan fingerprint density at radius 1 is 1.00 bits per heavy atom. The minimum atomic E-state index is -3.45. The van der Waals surface area contributed by atoms with Crippen LogP contribution in [0.3, 0.4) is 0 Å². The van der Waals surface area contributed by atoms with E-state index in [0.29, 0.717) is 26.2 Å². The van der Waals surface area contributed by atoms with E-state index >= 15 is 0 Å². The van der Waals surface area contributed by atoms with E-state index in [1.54, 1.807) is 9.80 Å². The molecule has 0 aromatic rings. The molecule has 156 valence electrons. The number of piperazine rings is 1. The second-order valence-electron chi connectivity index (χ2n) is 8.28. The van der Waals surface area contributed by atoms with Gasteiger partial charge in [-0.25, -0.2) is 4.79 Å². The number of piperidine rings is 1. The summed E-state index contributed by atoms with van der Waals surface area (Å²) in [5, 5.41) is 0. The van der Waals surface area contributed by atoms with Gasteiger partial charge < -0.3 is 14.5 Å². The molecule has 0 spiro atoms. The van der Waals surface area contributed by atoms with Crippen molar-refractivity contribution in [3.05, 3.63) is 0 Å². The van der Waals surface area contributed by atoms with E-state index < -0.39 is 15.8 Å². The van der Waals surface area contributed by atoms with Gasteiger partial charge in [-0.2, -0.15) is 17.0 Å². The fourth-order valence-corrected chi connectivity index (χ4v) is 4.39. The summed E-state index contributed by atoms with van der Waals surface area (Å²) in [4.78, 5) is 28.5. The zero-order valence-electron chi connectivity index (χ0n) is 17.0. The fraction of sp³-hybridized carbons (Fsp3) is 0.882. The predicted octanol–water partition coefficient (Wildman–Crippen LogP) is 0.584. The lowest BCUT2D eigenvalue weighted by atomic mass is 9.96. The van der Waals surface area contributed by atoms with Gasteiger partial charge in [-0.05, 0) is 33.6 Å². The number of ether oxygens (including phenoxy) is 1. The highest BCUT2D eigenvalue weighted by Gasteiger charge is 2.36. The molecule has 0 aliphatic carbocycles. The summed E-state index contributed by atoms with van der Waals surface area (Å²) < 4.78 is 32.4. The van der Waals surface area contributed by atoms with Gasteiger partial charge in [-0.1, -0.05) is 0 Å². The van der Waals surface area contributed by atoms with E-state index in [9.17, 15) is 18.0 Å². The van der Waals surface area contributed by atoms with Crippen LogP contribution in [0.25, 0.3) is 0 Å². The maximum absolute atomic E-state index is 12.9. The van der Waals surface area contributed by atoms with Crippen molar-refractivity contribution < 1.29 is 22.7 Å². The summed E-state index contributed by atoms with van der Waals surface area (Å²) in [5.74, 6) is -0.270. The Morgan fingerprint density at radius 3 is 2.11 bits per heavy atom. The van der Waals surface area contributed by atoms with Crippen molar-refractivity contribution in [3.63, 3.8) is 0 Å².